The number of allylic oxidation sites excluding steroid dienone is 5. The molecule has 0 amide bonds. The Bertz CT molecular complexity index is 234. The van der Waals surface area contributed by atoms with Crippen molar-refractivity contribution in [2.45, 2.75) is 6.42 Å². The first-order valence-corrected chi connectivity index (χ1v) is 3.54. The molecule has 11 heavy (non-hydrogen) atoms. The van der Waals surface area contributed by atoms with Gasteiger partial charge in [0.1, 0.15) is 0 Å². The van der Waals surface area contributed by atoms with Gasteiger partial charge in [-0.25, -0.2) is 0 Å². The van der Waals surface area contributed by atoms with Gasteiger partial charge in [0.2, 0.25) is 0 Å². The molecule has 0 saturated carbocycles. The molecule has 2 nitrogen and oxygen atoms in total. The Kier molecular flexibility index (Phi) is 2.55. The quantitative estimate of drug-likeness (QED) is 0.621. The van der Waals surface area contributed by atoms with E-state index < -0.39 is 0 Å². The summed E-state index contributed by atoms with van der Waals surface area (Å²) >= 11 is 0. The summed E-state index contributed by atoms with van der Waals surface area (Å²) in [7, 11) is 0. The van der Waals surface area contributed by atoms with Crippen molar-refractivity contribution in [3.05, 3.63) is 48.5 Å². The second kappa shape index (κ2) is 3.66. The maximum atomic E-state index is 5.37. The van der Waals surface area contributed by atoms with Crippen LogP contribution >= 0.6 is 0 Å². The van der Waals surface area contributed by atoms with Gasteiger partial charge in [-0.1, -0.05) is 30.9 Å². The van der Waals surface area contributed by atoms with Crippen LogP contribution in [0.2, 0.25) is 0 Å². The number of hydrogen-bond acceptors (Lipinski definition) is 2. The monoisotopic (exact) mass is 148 g/mol. The largest absolute Gasteiger partial charge is 0.386 e. The number of nitrogens with two attached hydrogens (primary N) is 1. The fourth-order valence-corrected chi connectivity index (χ4v) is 0.858. The van der Waals surface area contributed by atoms with Crippen molar-refractivity contribution in [1.29, 1.82) is 0 Å². The highest BCUT2D eigenvalue weighted by Gasteiger charge is 1.91. The van der Waals surface area contributed by atoms with Crippen molar-refractivity contribution in [1.82, 2.24) is 5.32 Å². The summed E-state index contributed by atoms with van der Waals surface area (Å²) in [5, 5.41) is 2.94. The van der Waals surface area contributed by atoms with Crippen LogP contribution in [0.4, 0.5) is 0 Å². The molecule has 0 aromatic heterocycles. The fourth-order valence-electron chi connectivity index (χ4n) is 0.858. The minimum absolute atomic E-state index is 0.475. The molecule has 58 valence electrons. The van der Waals surface area contributed by atoms with E-state index in [1.54, 1.807) is 0 Å². The summed E-state index contributed by atoms with van der Waals surface area (Å²) in [4.78, 5) is 0. The normalized spacial score (nSPS) is 15.5. The first-order chi connectivity index (χ1) is 5.29. The molecule has 0 aromatic carbocycles. The Labute approximate surface area is 66.8 Å². The van der Waals surface area contributed by atoms with E-state index in [0.717, 1.165) is 12.1 Å². The minimum Gasteiger partial charge on any atom is -0.386 e. The van der Waals surface area contributed by atoms with E-state index in [1.807, 2.05) is 18.2 Å². The standard InChI is InChI=1S/C9H12N2/c1-8(10)11-9-6-4-2-3-5-7-9/h2-4,6-7,11H,1,5,10H2. The van der Waals surface area contributed by atoms with Crippen LogP contribution in [0.3, 0.4) is 0 Å². The molecule has 1 rings (SSSR count). The lowest BCUT2D eigenvalue weighted by molar-refractivity contribution is 0.979. The van der Waals surface area contributed by atoms with E-state index in [2.05, 4.69) is 24.0 Å². The number of hydrogen-bond donors (Lipinski definition) is 2. The third-order valence-corrected chi connectivity index (χ3v) is 1.30. The van der Waals surface area contributed by atoms with Crippen LogP contribution in [0, 0.1) is 0 Å². The molecule has 2 heteroatoms. The van der Waals surface area contributed by atoms with Crippen LogP contribution in [0.15, 0.2) is 48.5 Å². The predicted molar refractivity (Wildman–Crippen MR) is 47.4 cm³/mol. The molecule has 1 aliphatic rings. The molecular weight excluding hydrogens is 136 g/mol. The molecule has 0 unspecified atom stereocenters. The molecule has 3 N–H and O–H groups in total. The van der Waals surface area contributed by atoms with Crippen LogP contribution in [-0.4, -0.2) is 0 Å². The number of rotatable bonds is 2. The predicted octanol–water partition coefficient (Wildman–Crippen LogP) is 1.41. The second-order valence-corrected chi connectivity index (χ2v) is 2.33. The second-order valence-electron chi connectivity index (χ2n) is 2.33. The topological polar surface area (TPSA) is 38.0 Å². The summed E-state index contributed by atoms with van der Waals surface area (Å²) in [6.07, 6.45) is 11.0. The van der Waals surface area contributed by atoms with Crippen molar-refractivity contribution in [2.75, 3.05) is 0 Å². The van der Waals surface area contributed by atoms with Crippen LogP contribution in [-0.2, 0) is 0 Å². The SMILES string of the molecule is C=C(N)NC1=CCC=CC=C1. The van der Waals surface area contributed by atoms with E-state index >= 15 is 0 Å². The lowest BCUT2D eigenvalue weighted by Crippen LogP contribution is -2.16. The van der Waals surface area contributed by atoms with Gasteiger partial charge in [0.05, 0.1) is 5.82 Å². The summed E-state index contributed by atoms with van der Waals surface area (Å²) in [5.74, 6) is 0.475. The Balaban J connectivity index is 2.58. The van der Waals surface area contributed by atoms with E-state index in [1.165, 1.54) is 0 Å². The molecule has 0 atom stereocenters. The van der Waals surface area contributed by atoms with Crippen molar-refractivity contribution < 1.29 is 0 Å². The molecule has 1 aliphatic carbocycles. The highest BCUT2D eigenvalue weighted by atomic mass is 15.0. The molecule has 0 radical (unpaired) electrons. The van der Waals surface area contributed by atoms with Gasteiger partial charge in [-0.05, 0) is 12.5 Å². The van der Waals surface area contributed by atoms with Crippen molar-refractivity contribution in [3.8, 4) is 0 Å². The highest BCUT2D eigenvalue weighted by Crippen LogP contribution is 2.01. The smallest absolute Gasteiger partial charge is 0.0930 e. The molecule has 0 spiro atoms. The van der Waals surface area contributed by atoms with Gasteiger partial charge in [-0.15, -0.1) is 0 Å². The first-order valence-electron chi connectivity index (χ1n) is 3.54. The Morgan fingerprint density at radius 2 is 2.36 bits per heavy atom. The van der Waals surface area contributed by atoms with Gasteiger partial charge in [0.25, 0.3) is 0 Å². The Hall–Kier alpha value is -1.44. The molecule has 0 saturated heterocycles. The molecule has 0 bridgehead atoms. The average Bonchev–Trinajstić information content (AvgIpc) is 2.14. The van der Waals surface area contributed by atoms with Crippen molar-refractivity contribution in [2.24, 2.45) is 5.73 Å². The molecule has 0 aliphatic heterocycles. The van der Waals surface area contributed by atoms with E-state index in [9.17, 15) is 0 Å². The zero-order valence-corrected chi connectivity index (χ0v) is 6.38. The van der Waals surface area contributed by atoms with Crippen LogP contribution < -0.4 is 11.1 Å². The van der Waals surface area contributed by atoms with Gasteiger partial charge in [0, 0.05) is 5.70 Å². The molecular formula is C9H12N2. The van der Waals surface area contributed by atoms with Crippen LogP contribution in [0.5, 0.6) is 0 Å². The Morgan fingerprint density at radius 1 is 1.55 bits per heavy atom. The van der Waals surface area contributed by atoms with Crippen molar-refractivity contribution >= 4 is 0 Å². The van der Waals surface area contributed by atoms with E-state index in [4.69, 9.17) is 5.73 Å². The number of nitrogens with one attached hydrogen (secondary N) is 1. The van der Waals surface area contributed by atoms with Crippen LogP contribution in [0.25, 0.3) is 0 Å². The summed E-state index contributed by atoms with van der Waals surface area (Å²) in [5.41, 5.74) is 6.38. The third kappa shape index (κ3) is 2.76. The lowest BCUT2D eigenvalue weighted by Gasteiger charge is -2.03. The average molecular weight is 148 g/mol. The summed E-state index contributed by atoms with van der Waals surface area (Å²) in [6, 6.07) is 0. The van der Waals surface area contributed by atoms with Crippen molar-refractivity contribution in [3.63, 3.8) is 0 Å². The zero-order chi connectivity index (χ0) is 8.10. The van der Waals surface area contributed by atoms with Gasteiger partial charge in [-0.3, -0.25) is 0 Å². The first kappa shape index (κ1) is 7.66. The van der Waals surface area contributed by atoms with Crippen LogP contribution in [0.1, 0.15) is 6.42 Å². The lowest BCUT2D eigenvalue weighted by atomic mass is 10.3. The summed E-state index contributed by atoms with van der Waals surface area (Å²) in [6.45, 7) is 3.55. The maximum Gasteiger partial charge on any atom is 0.0930 e. The van der Waals surface area contributed by atoms with Gasteiger partial charge in [-0.2, -0.15) is 0 Å². The van der Waals surface area contributed by atoms with Gasteiger partial charge < -0.3 is 11.1 Å². The highest BCUT2D eigenvalue weighted by molar-refractivity contribution is 5.26. The van der Waals surface area contributed by atoms with Gasteiger partial charge in [0.15, 0.2) is 0 Å². The molecule has 0 aromatic rings. The molecule has 0 fully saturated rings. The van der Waals surface area contributed by atoms with Gasteiger partial charge >= 0.3 is 0 Å². The Morgan fingerprint density at radius 3 is 3.09 bits per heavy atom. The summed E-state index contributed by atoms with van der Waals surface area (Å²) < 4.78 is 0. The maximum absolute atomic E-state index is 5.37. The third-order valence-electron chi connectivity index (χ3n) is 1.30. The molecule has 0 heterocycles. The van der Waals surface area contributed by atoms with E-state index in [0.29, 0.717) is 5.82 Å². The minimum atomic E-state index is 0.475. The van der Waals surface area contributed by atoms with E-state index in [-0.39, 0.29) is 0 Å². The fraction of sp³-hybridized carbons (Fsp3) is 0.111. The zero-order valence-electron chi connectivity index (χ0n) is 6.38.